The number of anilines is 2. The Morgan fingerprint density at radius 2 is 1.49 bits per heavy atom. The minimum absolute atomic E-state index is 0.0852. The predicted octanol–water partition coefficient (Wildman–Crippen LogP) is -4.00. The first-order valence-corrected chi connectivity index (χ1v) is 12.5. The zero-order valence-corrected chi connectivity index (χ0v) is 21.3. The van der Waals surface area contributed by atoms with Crippen molar-refractivity contribution in [2.24, 2.45) is 0 Å². The average Bonchev–Trinajstić information content (AvgIpc) is 3.70. The predicted molar refractivity (Wildman–Crippen MR) is 138 cm³/mol. The Hall–Kier alpha value is -4.06. The highest BCUT2D eigenvalue weighted by Crippen LogP contribution is 2.34. The molecule has 2 unspecified atom stereocenters. The first kappa shape index (κ1) is 27.1. The largest absolute Gasteiger partial charge is 0.394 e. The van der Waals surface area contributed by atoms with Crippen molar-refractivity contribution in [2.45, 2.75) is 49.1 Å². The van der Waals surface area contributed by atoms with Crippen LogP contribution >= 0.6 is 0 Å². The number of hydrogen-bond acceptors (Lipinski definition) is 16. The molecule has 6 heterocycles. The first-order chi connectivity index (χ1) is 19.8. The summed E-state index contributed by atoms with van der Waals surface area (Å²) in [5, 5.41) is 54.6. The quantitative estimate of drug-likeness (QED) is 0.0811. The molecule has 8 atom stereocenters. The standard InChI is InChI=1S/C23H27N11O7/c24-18-12-20(29-6-27-18)33(8-31-12)22-16(38)14(36)9(40-22)4-26-3-1-2-11-32-13-19(25)28-7-30-21(13)34(11)23-17(39)15(37)10(5-35)41-23/h6-10,14-17,22-23,26,35-39H,3-5H2,(H2,24,27,29)(H2,25,28,30)/t9-,10-,14?,15+,16+,17?,22-,23-/m1/s1. The number of aliphatic hydroxyl groups is 5. The third-order valence-corrected chi connectivity index (χ3v) is 7.03. The Morgan fingerprint density at radius 1 is 0.829 bits per heavy atom. The molecule has 2 aliphatic heterocycles. The normalized spacial score (nSPS) is 29.8. The van der Waals surface area contributed by atoms with Crippen molar-refractivity contribution in [2.75, 3.05) is 31.2 Å². The molecular formula is C23H27N11O7. The fourth-order valence-corrected chi connectivity index (χ4v) is 4.93. The number of nitrogens with zero attached hydrogens (tertiary/aromatic N) is 8. The van der Waals surface area contributed by atoms with Gasteiger partial charge in [-0.15, -0.1) is 0 Å². The van der Waals surface area contributed by atoms with Gasteiger partial charge in [0.25, 0.3) is 0 Å². The number of hydrogen-bond donors (Lipinski definition) is 8. The smallest absolute Gasteiger partial charge is 0.190 e. The second kappa shape index (κ2) is 10.7. The van der Waals surface area contributed by atoms with Crippen molar-refractivity contribution in [1.29, 1.82) is 0 Å². The number of aliphatic hydroxyl groups excluding tert-OH is 5. The summed E-state index contributed by atoms with van der Waals surface area (Å²) < 4.78 is 14.4. The minimum atomic E-state index is -1.39. The van der Waals surface area contributed by atoms with Crippen LogP contribution in [0.5, 0.6) is 0 Å². The molecule has 0 radical (unpaired) electrons. The molecule has 6 rings (SSSR count). The molecule has 0 bridgehead atoms. The highest BCUT2D eigenvalue weighted by molar-refractivity contribution is 5.82. The van der Waals surface area contributed by atoms with Crippen LogP contribution in [0.25, 0.3) is 22.3 Å². The molecule has 216 valence electrons. The van der Waals surface area contributed by atoms with Gasteiger partial charge in [-0.05, 0) is 5.92 Å². The Balaban J connectivity index is 1.16. The fourth-order valence-electron chi connectivity index (χ4n) is 4.93. The summed E-state index contributed by atoms with van der Waals surface area (Å²) in [7, 11) is 0. The molecule has 18 nitrogen and oxygen atoms in total. The molecule has 0 saturated carbocycles. The van der Waals surface area contributed by atoms with E-state index in [0.717, 1.165) is 0 Å². The maximum atomic E-state index is 10.6. The van der Waals surface area contributed by atoms with Crippen LogP contribution in [-0.4, -0.2) is 121 Å². The number of imidazole rings is 2. The number of rotatable bonds is 6. The molecular weight excluding hydrogens is 542 g/mol. The summed E-state index contributed by atoms with van der Waals surface area (Å²) in [6.45, 7) is -0.255. The molecule has 0 aliphatic carbocycles. The average molecular weight is 570 g/mol. The molecule has 2 saturated heterocycles. The highest BCUT2D eigenvalue weighted by Gasteiger charge is 2.45. The molecule has 2 aliphatic rings. The molecule has 0 aromatic carbocycles. The van der Waals surface area contributed by atoms with Gasteiger partial charge in [-0.1, -0.05) is 5.92 Å². The van der Waals surface area contributed by atoms with Gasteiger partial charge in [-0.2, -0.15) is 0 Å². The summed E-state index contributed by atoms with van der Waals surface area (Å²) in [6.07, 6.45) is -5.20. The Labute approximate surface area is 230 Å². The number of nitrogens with one attached hydrogen (secondary N) is 1. The van der Waals surface area contributed by atoms with E-state index >= 15 is 0 Å². The summed E-state index contributed by atoms with van der Waals surface area (Å²) >= 11 is 0. The van der Waals surface area contributed by atoms with E-state index in [4.69, 9.17) is 20.9 Å². The third-order valence-electron chi connectivity index (χ3n) is 7.03. The molecule has 2 fully saturated rings. The Bertz CT molecular complexity index is 1630. The monoisotopic (exact) mass is 569 g/mol. The number of fused-ring (bicyclic) bond motifs is 2. The van der Waals surface area contributed by atoms with E-state index in [9.17, 15) is 25.5 Å². The van der Waals surface area contributed by atoms with E-state index in [1.807, 2.05) is 0 Å². The topological polar surface area (TPSA) is 271 Å². The van der Waals surface area contributed by atoms with Crippen molar-refractivity contribution in [3.05, 3.63) is 24.8 Å². The van der Waals surface area contributed by atoms with Gasteiger partial charge in [-0.3, -0.25) is 9.13 Å². The number of nitrogens with two attached hydrogens (primary N) is 2. The van der Waals surface area contributed by atoms with E-state index in [1.54, 1.807) is 0 Å². The maximum Gasteiger partial charge on any atom is 0.190 e. The van der Waals surface area contributed by atoms with E-state index < -0.39 is 55.7 Å². The van der Waals surface area contributed by atoms with Crippen molar-refractivity contribution in [1.82, 2.24) is 44.4 Å². The number of nitrogen functional groups attached to an aromatic ring is 2. The van der Waals surface area contributed by atoms with E-state index in [-0.39, 0.29) is 41.7 Å². The minimum Gasteiger partial charge on any atom is -0.394 e. The lowest BCUT2D eigenvalue weighted by Gasteiger charge is -2.17. The van der Waals surface area contributed by atoms with Gasteiger partial charge in [0.2, 0.25) is 0 Å². The van der Waals surface area contributed by atoms with Crippen LogP contribution in [0.15, 0.2) is 19.0 Å². The van der Waals surface area contributed by atoms with Gasteiger partial charge in [0.1, 0.15) is 54.8 Å². The zero-order valence-electron chi connectivity index (χ0n) is 21.3. The van der Waals surface area contributed by atoms with Crippen LogP contribution in [0.3, 0.4) is 0 Å². The van der Waals surface area contributed by atoms with Crippen LogP contribution < -0.4 is 16.8 Å². The van der Waals surface area contributed by atoms with E-state index in [2.05, 4.69) is 47.1 Å². The molecule has 18 heteroatoms. The van der Waals surface area contributed by atoms with Crippen molar-refractivity contribution in [3.63, 3.8) is 0 Å². The summed E-state index contributed by atoms with van der Waals surface area (Å²) in [4.78, 5) is 24.7. The first-order valence-electron chi connectivity index (χ1n) is 12.5. The van der Waals surface area contributed by atoms with Crippen molar-refractivity contribution < 1.29 is 35.0 Å². The molecule has 4 aromatic rings. The molecule has 0 amide bonds. The van der Waals surface area contributed by atoms with Gasteiger partial charge in [0, 0.05) is 6.54 Å². The second-order valence-electron chi connectivity index (χ2n) is 9.53. The van der Waals surface area contributed by atoms with E-state index in [0.29, 0.717) is 11.2 Å². The fraction of sp³-hybridized carbons (Fsp3) is 0.478. The summed E-state index contributed by atoms with van der Waals surface area (Å²) in [5.41, 5.74) is 12.9. The van der Waals surface area contributed by atoms with Gasteiger partial charge in [0.05, 0.1) is 19.5 Å². The van der Waals surface area contributed by atoms with Gasteiger partial charge in [0.15, 0.2) is 46.7 Å². The molecule has 10 N–H and O–H groups in total. The van der Waals surface area contributed by atoms with E-state index in [1.165, 1.54) is 28.1 Å². The molecule has 41 heavy (non-hydrogen) atoms. The summed E-state index contributed by atoms with van der Waals surface area (Å²) in [6, 6.07) is 0. The van der Waals surface area contributed by atoms with Crippen molar-refractivity contribution >= 4 is 34.0 Å². The number of aromatic nitrogens is 8. The van der Waals surface area contributed by atoms with Crippen molar-refractivity contribution in [3.8, 4) is 11.8 Å². The lowest BCUT2D eigenvalue weighted by atomic mass is 10.1. The number of ether oxygens (including phenoxy) is 2. The van der Waals surface area contributed by atoms with Crippen LogP contribution in [-0.2, 0) is 9.47 Å². The third kappa shape index (κ3) is 4.59. The van der Waals surface area contributed by atoms with Gasteiger partial charge in [-0.25, -0.2) is 29.9 Å². The SMILES string of the molecule is Nc1ncnc2c1ncn2[C@@H]1O[C@H](CNCC#Cc2nc3c(N)ncnc3n2[C@@H]2O[C@H](CO)[C@H](O)C2O)C(O)[C@@H]1O. The lowest BCUT2D eigenvalue weighted by molar-refractivity contribution is -0.0514. The zero-order chi connectivity index (χ0) is 28.8. The molecule has 0 spiro atoms. The van der Waals surface area contributed by atoms with Gasteiger partial charge >= 0.3 is 0 Å². The maximum absolute atomic E-state index is 10.6. The van der Waals surface area contributed by atoms with Crippen LogP contribution in [0.1, 0.15) is 18.3 Å². The van der Waals surface area contributed by atoms with Crippen LogP contribution in [0, 0.1) is 11.8 Å². The Kier molecular flexibility index (Phi) is 7.10. The second-order valence-corrected chi connectivity index (χ2v) is 9.53. The molecule has 4 aromatic heterocycles. The van der Waals surface area contributed by atoms with Gasteiger partial charge < -0.3 is 51.8 Å². The summed E-state index contributed by atoms with van der Waals surface area (Å²) in [5.74, 6) is 6.15. The lowest BCUT2D eigenvalue weighted by Crippen LogP contribution is -2.37. The highest BCUT2D eigenvalue weighted by atomic mass is 16.6. The Morgan fingerprint density at radius 3 is 2.22 bits per heavy atom. The van der Waals surface area contributed by atoms with Crippen LogP contribution in [0.2, 0.25) is 0 Å². The van der Waals surface area contributed by atoms with Crippen LogP contribution in [0.4, 0.5) is 11.6 Å².